The molecule has 0 bridgehead atoms. The number of aryl methyl sites for hydroxylation is 1. The van der Waals surface area contributed by atoms with Gasteiger partial charge in [-0.2, -0.15) is 18.3 Å². The zero-order valence-electron chi connectivity index (χ0n) is 12.1. The van der Waals surface area contributed by atoms with Crippen LogP contribution in [0.15, 0.2) is 12.4 Å². The van der Waals surface area contributed by atoms with Gasteiger partial charge in [-0.05, 0) is 0 Å². The lowest BCUT2D eigenvalue weighted by Crippen LogP contribution is -2.57. The molecule has 1 atom stereocenters. The van der Waals surface area contributed by atoms with Crippen LogP contribution in [0.3, 0.4) is 0 Å². The SMILES string of the molecule is Cl.Cn1cc(C(=O)NCC(N2CCNCC2)C(F)(F)F)cn1. The first-order chi connectivity index (χ1) is 9.88. The molecule has 0 radical (unpaired) electrons. The lowest BCUT2D eigenvalue weighted by molar-refractivity contribution is -0.183. The Morgan fingerprint density at radius 1 is 1.45 bits per heavy atom. The first-order valence-electron chi connectivity index (χ1n) is 6.66. The van der Waals surface area contributed by atoms with Crippen LogP contribution in [-0.4, -0.2) is 65.5 Å². The molecule has 0 aromatic carbocycles. The Hall–Kier alpha value is -1.32. The molecule has 1 aromatic heterocycles. The van der Waals surface area contributed by atoms with Gasteiger partial charge < -0.3 is 10.6 Å². The third-order valence-corrected chi connectivity index (χ3v) is 3.39. The molecule has 1 saturated heterocycles. The molecule has 1 fully saturated rings. The van der Waals surface area contributed by atoms with Crippen molar-refractivity contribution in [3.05, 3.63) is 18.0 Å². The second kappa shape index (κ2) is 7.80. The van der Waals surface area contributed by atoms with Gasteiger partial charge in [-0.1, -0.05) is 0 Å². The minimum absolute atomic E-state index is 0. The van der Waals surface area contributed by atoms with E-state index in [1.807, 2.05) is 0 Å². The Balaban J connectivity index is 0.00000242. The summed E-state index contributed by atoms with van der Waals surface area (Å²) in [6.45, 7) is 1.20. The summed E-state index contributed by atoms with van der Waals surface area (Å²) in [5.41, 5.74) is 0.249. The van der Waals surface area contributed by atoms with E-state index in [9.17, 15) is 18.0 Å². The monoisotopic (exact) mass is 341 g/mol. The number of aromatic nitrogens is 2. The van der Waals surface area contributed by atoms with E-state index in [4.69, 9.17) is 0 Å². The highest BCUT2D eigenvalue weighted by Gasteiger charge is 2.43. The first-order valence-corrected chi connectivity index (χ1v) is 6.66. The van der Waals surface area contributed by atoms with Crippen molar-refractivity contribution in [2.45, 2.75) is 12.2 Å². The maximum atomic E-state index is 13.1. The van der Waals surface area contributed by atoms with Crippen LogP contribution in [0.1, 0.15) is 10.4 Å². The number of carbonyl (C=O) groups is 1. The minimum atomic E-state index is -4.38. The van der Waals surface area contributed by atoms with Crippen molar-refractivity contribution in [2.75, 3.05) is 32.7 Å². The van der Waals surface area contributed by atoms with Gasteiger partial charge in [-0.3, -0.25) is 14.4 Å². The summed E-state index contributed by atoms with van der Waals surface area (Å²) in [5, 5.41) is 9.17. The number of carbonyl (C=O) groups excluding carboxylic acids is 1. The van der Waals surface area contributed by atoms with Crippen molar-refractivity contribution >= 4 is 18.3 Å². The number of nitrogens with one attached hydrogen (secondary N) is 2. The highest BCUT2D eigenvalue weighted by molar-refractivity contribution is 5.93. The molecule has 0 spiro atoms. The molecule has 2 heterocycles. The van der Waals surface area contributed by atoms with Crippen LogP contribution in [0.25, 0.3) is 0 Å². The van der Waals surface area contributed by atoms with E-state index in [0.29, 0.717) is 26.2 Å². The summed E-state index contributed by atoms with van der Waals surface area (Å²) < 4.78 is 40.8. The zero-order valence-corrected chi connectivity index (χ0v) is 12.9. The number of hydrogen-bond donors (Lipinski definition) is 2. The highest BCUT2D eigenvalue weighted by atomic mass is 35.5. The van der Waals surface area contributed by atoms with E-state index >= 15 is 0 Å². The van der Waals surface area contributed by atoms with Gasteiger partial charge in [0.2, 0.25) is 0 Å². The topological polar surface area (TPSA) is 62.2 Å². The summed E-state index contributed by atoms with van der Waals surface area (Å²) in [4.78, 5) is 13.2. The lowest BCUT2D eigenvalue weighted by atomic mass is 10.2. The molecule has 1 aromatic rings. The second-order valence-electron chi connectivity index (χ2n) is 4.96. The molecule has 22 heavy (non-hydrogen) atoms. The Labute approximate surface area is 132 Å². The standard InChI is InChI=1S/C12H18F3N5O.ClH/c1-19-8-9(6-18-19)11(21)17-7-10(12(13,14)15)20-4-2-16-3-5-20;/h6,8,10,16H,2-5,7H2,1H3,(H,17,21);1H. The van der Waals surface area contributed by atoms with Crippen molar-refractivity contribution in [3.8, 4) is 0 Å². The van der Waals surface area contributed by atoms with E-state index in [1.165, 1.54) is 22.0 Å². The van der Waals surface area contributed by atoms with Gasteiger partial charge in [-0.25, -0.2) is 0 Å². The number of nitrogens with zero attached hydrogens (tertiary/aromatic N) is 3. The number of hydrogen-bond acceptors (Lipinski definition) is 4. The van der Waals surface area contributed by atoms with Gasteiger partial charge in [0.05, 0.1) is 11.8 Å². The van der Waals surface area contributed by atoms with Gasteiger partial charge in [0.15, 0.2) is 0 Å². The van der Waals surface area contributed by atoms with Crippen molar-refractivity contribution in [1.29, 1.82) is 0 Å². The van der Waals surface area contributed by atoms with Crippen molar-refractivity contribution in [1.82, 2.24) is 25.3 Å². The normalized spacial score (nSPS) is 17.6. The quantitative estimate of drug-likeness (QED) is 0.832. The average Bonchev–Trinajstić information content (AvgIpc) is 2.85. The summed E-state index contributed by atoms with van der Waals surface area (Å²) in [7, 11) is 1.63. The second-order valence-corrected chi connectivity index (χ2v) is 4.96. The van der Waals surface area contributed by atoms with Gasteiger partial charge in [-0.15, -0.1) is 12.4 Å². The molecule has 0 aliphatic carbocycles. The van der Waals surface area contributed by atoms with Crippen molar-refractivity contribution in [2.24, 2.45) is 7.05 Å². The van der Waals surface area contributed by atoms with E-state index in [2.05, 4.69) is 15.7 Å². The smallest absolute Gasteiger partial charge is 0.350 e. The van der Waals surface area contributed by atoms with Crippen LogP contribution in [0.4, 0.5) is 13.2 Å². The van der Waals surface area contributed by atoms with Gasteiger partial charge >= 0.3 is 6.18 Å². The Bertz CT molecular complexity index is 487. The summed E-state index contributed by atoms with van der Waals surface area (Å²) in [5.74, 6) is -0.549. The van der Waals surface area contributed by atoms with Gasteiger partial charge in [0.1, 0.15) is 6.04 Å². The largest absolute Gasteiger partial charge is 0.405 e. The number of amides is 1. The molecular formula is C12H19ClF3N5O. The third kappa shape index (κ3) is 4.85. The minimum Gasteiger partial charge on any atom is -0.350 e. The van der Waals surface area contributed by atoms with E-state index in [-0.39, 0.29) is 18.0 Å². The predicted octanol–water partition coefficient (Wildman–Crippen LogP) is 0.408. The predicted molar refractivity (Wildman–Crippen MR) is 77.1 cm³/mol. The maximum absolute atomic E-state index is 13.1. The number of alkyl halides is 3. The Morgan fingerprint density at radius 2 is 2.09 bits per heavy atom. The zero-order chi connectivity index (χ0) is 15.5. The number of rotatable bonds is 4. The average molecular weight is 342 g/mol. The van der Waals surface area contributed by atoms with Gasteiger partial charge in [0, 0.05) is 46.0 Å². The van der Waals surface area contributed by atoms with Crippen LogP contribution in [0.2, 0.25) is 0 Å². The molecule has 1 amide bonds. The fourth-order valence-electron chi connectivity index (χ4n) is 2.28. The molecule has 1 aliphatic heterocycles. The van der Waals surface area contributed by atoms with Crippen LogP contribution in [0, 0.1) is 0 Å². The lowest BCUT2D eigenvalue weighted by Gasteiger charge is -2.35. The molecule has 2 N–H and O–H groups in total. The molecular weight excluding hydrogens is 323 g/mol. The van der Waals surface area contributed by atoms with E-state index < -0.39 is 24.7 Å². The Kier molecular flexibility index (Phi) is 6.64. The molecule has 0 saturated carbocycles. The summed E-state index contributed by atoms with van der Waals surface area (Å²) in [6, 6.07) is -1.67. The van der Waals surface area contributed by atoms with E-state index in [1.54, 1.807) is 7.05 Å². The molecule has 2 rings (SSSR count). The van der Waals surface area contributed by atoms with Crippen LogP contribution < -0.4 is 10.6 Å². The summed E-state index contributed by atoms with van der Waals surface area (Å²) >= 11 is 0. The fourth-order valence-corrected chi connectivity index (χ4v) is 2.28. The third-order valence-electron chi connectivity index (χ3n) is 3.39. The van der Waals surface area contributed by atoms with E-state index in [0.717, 1.165) is 0 Å². The molecule has 6 nitrogen and oxygen atoms in total. The fraction of sp³-hybridized carbons (Fsp3) is 0.667. The van der Waals surface area contributed by atoms with Crippen LogP contribution in [0.5, 0.6) is 0 Å². The Morgan fingerprint density at radius 3 is 2.59 bits per heavy atom. The van der Waals surface area contributed by atoms with Crippen LogP contribution >= 0.6 is 12.4 Å². The number of halogens is 4. The molecule has 126 valence electrons. The first kappa shape index (κ1) is 18.7. The highest BCUT2D eigenvalue weighted by Crippen LogP contribution is 2.24. The van der Waals surface area contributed by atoms with Gasteiger partial charge in [0.25, 0.3) is 5.91 Å². The summed E-state index contributed by atoms with van der Waals surface area (Å²) in [6.07, 6.45) is -1.59. The van der Waals surface area contributed by atoms with Crippen molar-refractivity contribution < 1.29 is 18.0 Å². The molecule has 10 heteroatoms. The van der Waals surface area contributed by atoms with Crippen molar-refractivity contribution in [3.63, 3.8) is 0 Å². The molecule has 1 aliphatic rings. The maximum Gasteiger partial charge on any atom is 0.405 e. The van der Waals surface area contributed by atoms with Crippen LogP contribution in [-0.2, 0) is 7.05 Å². The molecule has 1 unspecified atom stereocenters. The number of piperazine rings is 1.